The first-order valence-electron chi connectivity index (χ1n) is 8.15. The standard InChI is InChI=1S/C18H17N3O3S2/c1-11-12(2)24-18(19-11)26-10-17(22)21-14(15-5-3-7-23-15)9-13(20-21)16-6-4-8-25-16/h3-8,14H,9-10H2,1-2H3. The number of carbonyl (C=O) groups is 1. The molecule has 6 nitrogen and oxygen atoms in total. The fourth-order valence-corrected chi connectivity index (χ4v) is 4.21. The van der Waals surface area contributed by atoms with E-state index in [1.807, 2.05) is 43.5 Å². The minimum absolute atomic E-state index is 0.100. The molecule has 4 heterocycles. The van der Waals surface area contributed by atoms with E-state index in [9.17, 15) is 4.79 Å². The molecule has 0 spiro atoms. The maximum absolute atomic E-state index is 12.8. The largest absolute Gasteiger partial charge is 0.467 e. The van der Waals surface area contributed by atoms with E-state index in [0.717, 1.165) is 27.8 Å². The summed E-state index contributed by atoms with van der Waals surface area (Å²) in [6.07, 6.45) is 2.26. The average molecular weight is 387 g/mol. The van der Waals surface area contributed by atoms with Crippen molar-refractivity contribution in [3.05, 3.63) is 58.0 Å². The van der Waals surface area contributed by atoms with Gasteiger partial charge >= 0.3 is 0 Å². The zero-order valence-corrected chi connectivity index (χ0v) is 16.0. The van der Waals surface area contributed by atoms with Crippen LogP contribution in [0.25, 0.3) is 0 Å². The van der Waals surface area contributed by atoms with Gasteiger partial charge in [-0.1, -0.05) is 17.8 Å². The Morgan fingerprint density at radius 1 is 1.38 bits per heavy atom. The van der Waals surface area contributed by atoms with Gasteiger partial charge < -0.3 is 8.83 Å². The van der Waals surface area contributed by atoms with E-state index < -0.39 is 0 Å². The molecule has 3 aromatic rings. The molecule has 0 fully saturated rings. The van der Waals surface area contributed by atoms with Crippen molar-refractivity contribution >= 4 is 34.7 Å². The van der Waals surface area contributed by atoms with Crippen molar-refractivity contribution in [1.29, 1.82) is 0 Å². The lowest BCUT2D eigenvalue weighted by molar-refractivity contribution is -0.130. The second-order valence-corrected chi connectivity index (χ2v) is 7.78. The van der Waals surface area contributed by atoms with Gasteiger partial charge in [0.25, 0.3) is 11.1 Å². The molecular formula is C18H17N3O3S2. The maximum atomic E-state index is 12.8. The molecule has 4 rings (SSSR count). The Balaban J connectivity index is 1.53. The van der Waals surface area contributed by atoms with Gasteiger partial charge in [-0.25, -0.2) is 9.99 Å². The zero-order chi connectivity index (χ0) is 18.1. The van der Waals surface area contributed by atoms with Crippen molar-refractivity contribution in [2.45, 2.75) is 31.5 Å². The molecule has 0 N–H and O–H groups in total. The number of aryl methyl sites for hydroxylation is 2. The number of hydrogen-bond donors (Lipinski definition) is 0. The Kier molecular flexibility index (Phi) is 4.69. The molecule has 26 heavy (non-hydrogen) atoms. The molecular weight excluding hydrogens is 370 g/mol. The molecule has 1 unspecified atom stereocenters. The van der Waals surface area contributed by atoms with Crippen LogP contribution >= 0.6 is 23.1 Å². The van der Waals surface area contributed by atoms with Crippen molar-refractivity contribution in [2.75, 3.05) is 5.75 Å². The Morgan fingerprint density at radius 2 is 2.27 bits per heavy atom. The summed E-state index contributed by atoms with van der Waals surface area (Å²) in [6.45, 7) is 3.74. The molecule has 0 saturated carbocycles. The number of thioether (sulfide) groups is 1. The number of oxazole rings is 1. The summed E-state index contributed by atoms with van der Waals surface area (Å²) in [5, 5.41) is 8.63. The van der Waals surface area contributed by atoms with Crippen LogP contribution in [0.15, 0.2) is 55.1 Å². The highest BCUT2D eigenvalue weighted by Crippen LogP contribution is 2.34. The van der Waals surface area contributed by atoms with E-state index >= 15 is 0 Å². The smallest absolute Gasteiger partial charge is 0.256 e. The minimum atomic E-state index is -0.219. The quantitative estimate of drug-likeness (QED) is 0.606. The Bertz CT molecular complexity index is 910. The molecule has 0 bridgehead atoms. The predicted octanol–water partition coefficient (Wildman–Crippen LogP) is 4.42. The van der Waals surface area contributed by atoms with Crippen molar-refractivity contribution in [1.82, 2.24) is 9.99 Å². The second-order valence-electron chi connectivity index (χ2n) is 5.91. The van der Waals surface area contributed by atoms with Crippen LogP contribution in [0.4, 0.5) is 0 Å². The zero-order valence-electron chi connectivity index (χ0n) is 14.3. The molecule has 0 saturated heterocycles. The van der Waals surface area contributed by atoms with Crippen LogP contribution in [-0.4, -0.2) is 27.4 Å². The molecule has 1 aliphatic rings. The van der Waals surface area contributed by atoms with E-state index in [4.69, 9.17) is 8.83 Å². The Morgan fingerprint density at radius 3 is 2.92 bits per heavy atom. The fraction of sp³-hybridized carbons (Fsp3) is 0.278. The third kappa shape index (κ3) is 3.34. The fourth-order valence-electron chi connectivity index (χ4n) is 2.73. The van der Waals surface area contributed by atoms with E-state index in [2.05, 4.69) is 10.1 Å². The van der Waals surface area contributed by atoms with Gasteiger partial charge in [0.2, 0.25) is 0 Å². The van der Waals surface area contributed by atoms with E-state index in [0.29, 0.717) is 11.6 Å². The van der Waals surface area contributed by atoms with Crippen molar-refractivity contribution in [2.24, 2.45) is 5.10 Å². The third-order valence-electron chi connectivity index (χ3n) is 4.17. The first-order valence-corrected chi connectivity index (χ1v) is 10.0. The van der Waals surface area contributed by atoms with Crippen LogP contribution < -0.4 is 0 Å². The number of amides is 1. The van der Waals surface area contributed by atoms with Gasteiger partial charge in [-0.15, -0.1) is 11.3 Å². The van der Waals surface area contributed by atoms with E-state index in [1.54, 1.807) is 17.6 Å². The summed E-state index contributed by atoms with van der Waals surface area (Å²) in [5.41, 5.74) is 1.75. The van der Waals surface area contributed by atoms with E-state index in [1.165, 1.54) is 16.8 Å². The van der Waals surface area contributed by atoms with Crippen LogP contribution in [0, 0.1) is 13.8 Å². The topological polar surface area (TPSA) is 71.8 Å². The molecule has 1 amide bonds. The lowest BCUT2D eigenvalue weighted by Crippen LogP contribution is -2.28. The van der Waals surface area contributed by atoms with Crippen LogP contribution in [0.5, 0.6) is 0 Å². The molecule has 1 atom stereocenters. The van der Waals surface area contributed by atoms with Gasteiger partial charge in [-0.2, -0.15) is 5.10 Å². The van der Waals surface area contributed by atoms with Crippen molar-refractivity contribution < 1.29 is 13.6 Å². The molecule has 1 aliphatic heterocycles. The highest BCUT2D eigenvalue weighted by Gasteiger charge is 2.35. The molecule has 8 heteroatoms. The van der Waals surface area contributed by atoms with Gasteiger partial charge in [-0.3, -0.25) is 4.79 Å². The van der Waals surface area contributed by atoms with Crippen LogP contribution in [0.1, 0.15) is 34.6 Å². The minimum Gasteiger partial charge on any atom is -0.467 e. The van der Waals surface area contributed by atoms with E-state index in [-0.39, 0.29) is 17.7 Å². The number of furan rings is 1. The number of aromatic nitrogens is 1. The molecule has 134 valence electrons. The number of thiophene rings is 1. The van der Waals surface area contributed by atoms with Gasteiger partial charge in [0.05, 0.1) is 28.3 Å². The highest BCUT2D eigenvalue weighted by molar-refractivity contribution is 7.99. The molecule has 0 aliphatic carbocycles. The SMILES string of the molecule is Cc1nc(SCC(=O)N2N=C(c3cccs3)CC2c2ccco2)oc1C. The summed E-state index contributed by atoms with van der Waals surface area (Å²) in [4.78, 5) is 18.2. The number of hydrazone groups is 1. The number of carbonyl (C=O) groups excluding carboxylic acids is 1. The summed E-state index contributed by atoms with van der Waals surface area (Å²) in [6, 6.07) is 7.49. The van der Waals surface area contributed by atoms with Gasteiger partial charge in [0, 0.05) is 6.42 Å². The van der Waals surface area contributed by atoms with Gasteiger partial charge in [0.1, 0.15) is 17.6 Å². The third-order valence-corrected chi connectivity index (χ3v) is 5.90. The van der Waals surface area contributed by atoms with Gasteiger partial charge in [-0.05, 0) is 37.4 Å². The number of nitrogens with zero attached hydrogens (tertiary/aromatic N) is 3. The number of rotatable bonds is 5. The lowest BCUT2D eigenvalue weighted by Gasteiger charge is -2.19. The lowest BCUT2D eigenvalue weighted by atomic mass is 10.1. The van der Waals surface area contributed by atoms with Gasteiger partial charge in [0.15, 0.2) is 0 Å². The first kappa shape index (κ1) is 17.1. The molecule has 3 aromatic heterocycles. The summed E-state index contributed by atoms with van der Waals surface area (Å²) in [7, 11) is 0. The van der Waals surface area contributed by atoms with Crippen LogP contribution in [0.2, 0.25) is 0 Å². The monoisotopic (exact) mass is 387 g/mol. The Labute approximate surface area is 158 Å². The normalized spacial score (nSPS) is 16.9. The average Bonchev–Trinajstić information content (AvgIpc) is 3.40. The summed E-state index contributed by atoms with van der Waals surface area (Å²) >= 11 is 2.90. The highest BCUT2D eigenvalue weighted by atomic mass is 32.2. The van der Waals surface area contributed by atoms with Crippen molar-refractivity contribution in [3.63, 3.8) is 0 Å². The van der Waals surface area contributed by atoms with Crippen LogP contribution in [0.3, 0.4) is 0 Å². The Hall–Kier alpha value is -2.32. The second kappa shape index (κ2) is 7.13. The first-order chi connectivity index (χ1) is 12.6. The predicted molar refractivity (Wildman–Crippen MR) is 100 cm³/mol. The van der Waals surface area contributed by atoms with Crippen LogP contribution in [-0.2, 0) is 4.79 Å². The summed E-state index contributed by atoms with van der Waals surface area (Å²) < 4.78 is 11.1. The maximum Gasteiger partial charge on any atom is 0.256 e. The molecule has 0 radical (unpaired) electrons. The molecule has 0 aromatic carbocycles. The summed E-state index contributed by atoms with van der Waals surface area (Å²) in [5.74, 6) is 1.61. The van der Waals surface area contributed by atoms with Crippen molar-refractivity contribution in [3.8, 4) is 0 Å². The number of hydrogen-bond acceptors (Lipinski definition) is 7.